The van der Waals surface area contributed by atoms with Crippen LogP contribution in [0.25, 0.3) is 0 Å². The summed E-state index contributed by atoms with van der Waals surface area (Å²) in [6.07, 6.45) is -0.0159. The minimum absolute atomic E-state index is 0.238. The molecule has 112 valence electrons. The van der Waals surface area contributed by atoms with Gasteiger partial charge in [0, 0.05) is 12.1 Å². The Morgan fingerprint density at radius 2 is 2.00 bits per heavy atom. The van der Waals surface area contributed by atoms with Crippen LogP contribution >= 0.6 is 0 Å². The fraction of sp³-hybridized carbons (Fsp3) is 0.176. The van der Waals surface area contributed by atoms with E-state index >= 15 is 0 Å². The molecule has 0 saturated heterocycles. The molecule has 0 spiro atoms. The lowest BCUT2D eigenvalue weighted by molar-refractivity contribution is -0.122. The molecule has 0 bridgehead atoms. The summed E-state index contributed by atoms with van der Waals surface area (Å²) in [6.45, 7) is 0. The maximum Gasteiger partial charge on any atom is 0.337 e. The first kappa shape index (κ1) is 14.1. The zero-order valence-corrected chi connectivity index (χ0v) is 12.0. The van der Waals surface area contributed by atoms with Crippen LogP contribution in [0.5, 0.6) is 5.75 Å². The average molecular weight is 297 g/mol. The van der Waals surface area contributed by atoms with Gasteiger partial charge < -0.3 is 14.8 Å². The molecule has 1 amide bonds. The summed E-state index contributed by atoms with van der Waals surface area (Å²) < 4.78 is 10.3. The number of fused-ring (bicyclic) bond motifs is 1. The number of carbonyl (C=O) groups excluding carboxylic acids is 2. The lowest BCUT2D eigenvalue weighted by Gasteiger charge is -2.12. The highest BCUT2D eigenvalue weighted by molar-refractivity contribution is 5.97. The Bertz CT molecular complexity index is 701. The van der Waals surface area contributed by atoms with Crippen LogP contribution in [0, 0.1) is 0 Å². The van der Waals surface area contributed by atoms with Gasteiger partial charge >= 0.3 is 5.97 Å². The van der Waals surface area contributed by atoms with E-state index in [1.54, 1.807) is 24.3 Å². The van der Waals surface area contributed by atoms with Crippen molar-refractivity contribution in [2.45, 2.75) is 12.5 Å². The fourth-order valence-corrected chi connectivity index (χ4v) is 2.39. The molecular weight excluding hydrogens is 282 g/mol. The molecule has 5 heteroatoms. The Balaban J connectivity index is 1.69. The Kier molecular flexibility index (Phi) is 3.78. The highest BCUT2D eigenvalue weighted by atomic mass is 16.5. The highest BCUT2D eigenvalue weighted by Crippen LogP contribution is 2.28. The first-order valence-corrected chi connectivity index (χ1v) is 6.91. The van der Waals surface area contributed by atoms with Crippen molar-refractivity contribution in [1.82, 2.24) is 0 Å². The van der Waals surface area contributed by atoms with Crippen molar-refractivity contribution >= 4 is 17.6 Å². The van der Waals surface area contributed by atoms with Crippen LogP contribution in [0.1, 0.15) is 15.9 Å². The molecule has 5 nitrogen and oxygen atoms in total. The number of rotatable bonds is 3. The number of nitrogens with one attached hydrogen (secondary N) is 1. The Hall–Kier alpha value is -2.82. The van der Waals surface area contributed by atoms with Crippen molar-refractivity contribution in [3.8, 4) is 5.75 Å². The summed E-state index contributed by atoms with van der Waals surface area (Å²) in [4.78, 5) is 23.8. The summed E-state index contributed by atoms with van der Waals surface area (Å²) in [7, 11) is 1.32. The highest BCUT2D eigenvalue weighted by Gasteiger charge is 2.28. The van der Waals surface area contributed by atoms with E-state index in [-0.39, 0.29) is 5.91 Å². The van der Waals surface area contributed by atoms with Crippen LogP contribution in [0.3, 0.4) is 0 Å². The molecule has 2 aromatic carbocycles. The van der Waals surface area contributed by atoms with Crippen molar-refractivity contribution in [3.63, 3.8) is 0 Å². The van der Waals surface area contributed by atoms with E-state index in [9.17, 15) is 9.59 Å². The molecule has 1 N–H and O–H groups in total. The summed E-state index contributed by atoms with van der Waals surface area (Å²) >= 11 is 0. The second-order valence-electron chi connectivity index (χ2n) is 4.98. The molecule has 0 aliphatic carbocycles. The smallest absolute Gasteiger partial charge is 0.337 e. The number of methoxy groups -OCH3 is 1. The van der Waals surface area contributed by atoms with Gasteiger partial charge in [-0.3, -0.25) is 4.79 Å². The molecule has 3 rings (SSSR count). The van der Waals surface area contributed by atoms with Gasteiger partial charge in [-0.15, -0.1) is 0 Å². The van der Waals surface area contributed by atoms with Crippen LogP contribution in [-0.2, 0) is 16.0 Å². The van der Waals surface area contributed by atoms with Crippen LogP contribution < -0.4 is 10.1 Å². The van der Waals surface area contributed by atoms with Crippen LogP contribution in [0.4, 0.5) is 5.69 Å². The summed E-state index contributed by atoms with van der Waals surface area (Å²) in [6, 6.07) is 14.2. The van der Waals surface area contributed by atoms with Crippen molar-refractivity contribution in [1.29, 1.82) is 0 Å². The number of anilines is 1. The van der Waals surface area contributed by atoms with E-state index in [1.807, 2.05) is 24.3 Å². The van der Waals surface area contributed by atoms with Crippen molar-refractivity contribution < 1.29 is 19.1 Å². The second kappa shape index (κ2) is 5.89. The molecular formula is C17H15NO4. The number of ether oxygens (including phenoxy) is 2. The minimum atomic E-state index is -0.556. The van der Waals surface area contributed by atoms with Crippen LogP contribution in [-0.4, -0.2) is 25.1 Å². The number of amides is 1. The first-order chi connectivity index (χ1) is 10.7. The lowest BCUT2D eigenvalue weighted by atomic mass is 10.1. The molecule has 1 unspecified atom stereocenters. The summed E-state index contributed by atoms with van der Waals surface area (Å²) in [5, 5.41) is 2.77. The third-order valence-corrected chi connectivity index (χ3v) is 3.49. The SMILES string of the molecule is COC(=O)c1cccc(NC(=O)C2Cc3ccccc3O2)c1. The minimum Gasteiger partial charge on any atom is -0.480 e. The quantitative estimate of drug-likeness (QED) is 0.884. The topological polar surface area (TPSA) is 64.6 Å². The van der Waals surface area contributed by atoms with E-state index in [1.165, 1.54) is 7.11 Å². The number of benzene rings is 2. The molecule has 1 aliphatic heterocycles. The predicted molar refractivity (Wildman–Crippen MR) is 81.0 cm³/mol. The largest absolute Gasteiger partial charge is 0.480 e. The van der Waals surface area contributed by atoms with Gasteiger partial charge in [0.2, 0.25) is 0 Å². The van der Waals surface area contributed by atoms with Crippen molar-refractivity contribution in [3.05, 3.63) is 59.7 Å². The third kappa shape index (κ3) is 2.79. The Morgan fingerprint density at radius 1 is 1.18 bits per heavy atom. The zero-order chi connectivity index (χ0) is 15.5. The van der Waals surface area contributed by atoms with E-state index < -0.39 is 12.1 Å². The number of hydrogen-bond acceptors (Lipinski definition) is 4. The van der Waals surface area contributed by atoms with Crippen molar-refractivity contribution in [2.75, 3.05) is 12.4 Å². The standard InChI is InChI=1S/C17H15NO4/c1-21-17(20)12-6-4-7-13(9-12)18-16(19)15-10-11-5-2-3-8-14(11)22-15/h2-9,15H,10H2,1H3,(H,18,19). The van der Waals surface area contributed by atoms with Crippen molar-refractivity contribution in [2.24, 2.45) is 0 Å². The van der Waals surface area contributed by atoms with E-state index in [0.29, 0.717) is 17.7 Å². The van der Waals surface area contributed by atoms with Gasteiger partial charge in [-0.1, -0.05) is 24.3 Å². The maximum atomic E-state index is 12.3. The molecule has 22 heavy (non-hydrogen) atoms. The summed E-state index contributed by atoms with van der Waals surface area (Å²) in [5.41, 5.74) is 1.94. The summed E-state index contributed by atoms with van der Waals surface area (Å²) in [5.74, 6) is 0.0600. The number of hydrogen-bond donors (Lipinski definition) is 1. The molecule has 0 aromatic heterocycles. The van der Waals surface area contributed by atoms with Crippen LogP contribution in [0.2, 0.25) is 0 Å². The van der Waals surface area contributed by atoms with Gasteiger partial charge in [-0.25, -0.2) is 4.79 Å². The van der Waals surface area contributed by atoms with Gasteiger partial charge in [0.1, 0.15) is 5.75 Å². The molecule has 0 radical (unpaired) electrons. The number of carbonyl (C=O) groups is 2. The van der Waals surface area contributed by atoms with Gasteiger partial charge in [0.15, 0.2) is 6.10 Å². The molecule has 0 saturated carbocycles. The zero-order valence-electron chi connectivity index (χ0n) is 12.0. The molecule has 0 fully saturated rings. The van der Waals surface area contributed by atoms with E-state index in [0.717, 1.165) is 11.3 Å². The fourth-order valence-electron chi connectivity index (χ4n) is 2.39. The molecule has 1 aliphatic rings. The maximum absolute atomic E-state index is 12.3. The van der Waals surface area contributed by atoms with E-state index in [4.69, 9.17) is 4.74 Å². The van der Waals surface area contributed by atoms with E-state index in [2.05, 4.69) is 10.1 Å². The Morgan fingerprint density at radius 3 is 2.77 bits per heavy atom. The van der Waals surface area contributed by atoms with Gasteiger partial charge in [0.05, 0.1) is 12.7 Å². The normalized spacial score (nSPS) is 15.6. The predicted octanol–water partition coefficient (Wildman–Crippen LogP) is 2.42. The lowest BCUT2D eigenvalue weighted by Crippen LogP contribution is -2.31. The average Bonchev–Trinajstić information content (AvgIpc) is 2.98. The second-order valence-corrected chi connectivity index (χ2v) is 4.98. The van der Waals surface area contributed by atoms with Crippen LogP contribution in [0.15, 0.2) is 48.5 Å². The monoisotopic (exact) mass is 297 g/mol. The molecule has 1 heterocycles. The third-order valence-electron chi connectivity index (χ3n) is 3.49. The van der Waals surface area contributed by atoms with Gasteiger partial charge in [-0.2, -0.15) is 0 Å². The molecule has 2 aromatic rings. The first-order valence-electron chi connectivity index (χ1n) is 6.91. The number of esters is 1. The van der Waals surface area contributed by atoms with Gasteiger partial charge in [0.25, 0.3) is 5.91 Å². The molecule has 1 atom stereocenters. The number of para-hydroxylation sites is 1. The van der Waals surface area contributed by atoms with Gasteiger partial charge in [-0.05, 0) is 29.8 Å². The Labute approximate surface area is 127 Å².